The zero-order valence-electron chi connectivity index (χ0n) is 19.9. The van der Waals surface area contributed by atoms with E-state index >= 15 is 0 Å². The lowest BCUT2D eigenvalue weighted by molar-refractivity contribution is 0.0606. The minimum Gasteiger partial charge on any atom is -0.750 e. The van der Waals surface area contributed by atoms with E-state index in [9.17, 15) is 13.2 Å². The van der Waals surface area contributed by atoms with Crippen molar-refractivity contribution in [3.05, 3.63) is 0 Å². The molecule has 5 heteroatoms. The summed E-state index contributed by atoms with van der Waals surface area (Å²) < 4.78 is 37.4. The summed E-state index contributed by atoms with van der Waals surface area (Å²) in [5.41, 5.74) is 0. The van der Waals surface area contributed by atoms with Crippen LogP contribution in [-0.2, 0) is 15.5 Å². The van der Waals surface area contributed by atoms with E-state index in [4.69, 9.17) is 0 Å². The van der Waals surface area contributed by atoms with Crippen molar-refractivity contribution in [2.75, 3.05) is 0 Å². The predicted octanol–water partition coefficient (Wildman–Crippen LogP) is 9.08. The van der Waals surface area contributed by atoms with Crippen LogP contribution in [0.4, 0.5) is 4.39 Å². The molecule has 0 aliphatic rings. The Morgan fingerprint density at radius 1 is 0.600 bits per heavy atom. The molecular formula is C25H50FO3S-. The lowest BCUT2D eigenvalue weighted by Crippen LogP contribution is -2.08. The Morgan fingerprint density at radius 3 is 1.13 bits per heavy atom. The molecule has 0 bridgehead atoms. The van der Waals surface area contributed by atoms with E-state index in [0.717, 1.165) is 12.8 Å². The van der Waals surface area contributed by atoms with E-state index in [1.165, 1.54) is 122 Å². The largest absolute Gasteiger partial charge is 0.750 e. The van der Waals surface area contributed by atoms with Gasteiger partial charge >= 0.3 is 0 Å². The van der Waals surface area contributed by atoms with Gasteiger partial charge < -0.3 is 4.55 Å². The molecule has 0 aliphatic carbocycles. The molecule has 30 heavy (non-hydrogen) atoms. The number of halogens is 1. The van der Waals surface area contributed by atoms with Crippen LogP contribution in [0.5, 0.6) is 0 Å². The average molecular weight is 450 g/mol. The Labute approximate surface area is 189 Å². The fourth-order valence-electron chi connectivity index (χ4n) is 4.05. The van der Waals surface area contributed by atoms with Gasteiger partial charge in [0, 0.05) is 6.42 Å². The number of rotatable bonds is 25. The summed E-state index contributed by atoms with van der Waals surface area (Å²) in [5.74, 6) is 0. The lowest BCUT2D eigenvalue weighted by atomic mass is 10.0. The first-order chi connectivity index (χ1) is 14.7. The van der Waals surface area contributed by atoms with Crippen molar-refractivity contribution in [1.29, 1.82) is 0 Å². The van der Waals surface area contributed by atoms with Crippen LogP contribution in [-0.4, -0.2) is 15.1 Å². The second-order valence-corrected chi connectivity index (χ2v) is 9.52. The highest BCUT2D eigenvalue weighted by Gasteiger charge is 2.06. The van der Waals surface area contributed by atoms with Crippen LogP contribution < -0.4 is 0 Å². The molecule has 3 nitrogen and oxygen atoms in total. The van der Waals surface area contributed by atoms with Gasteiger partial charge in [-0.05, 0) is 6.42 Å². The highest BCUT2D eigenvalue weighted by atomic mass is 32.2. The Bertz CT molecular complexity index is 355. The summed E-state index contributed by atoms with van der Waals surface area (Å²) in [6, 6.07) is 0. The maximum absolute atomic E-state index is 13.0. The summed E-state index contributed by atoms with van der Waals surface area (Å²) in [4.78, 5) is 0. The van der Waals surface area contributed by atoms with Crippen LogP contribution >= 0.6 is 0 Å². The molecular weight excluding hydrogens is 399 g/mol. The van der Waals surface area contributed by atoms with E-state index in [-0.39, 0.29) is 6.42 Å². The highest BCUT2D eigenvalue weighted by molar-refractivity contribution is 7.74. The van der Waals surface area contributed by atoms with Crippen LogP contribution in [0, 0.1) is 0 Å². The smallest absolute Gasteiger partial charge is 0.212 e. The molecule has 0 rings (SSSR count). The van der Waals surface area contributed by atoms with Crippen molar-refractivity contribution in [3.63, 3.8) is 0 Å². The van der Waals surface area contributed by atoms with Gasteiger partial charge in [0.15, 0.2) is 0 Å². The molecule has 0 amide bonds. The molecule has 0 N–H and O–H groups in total. The molecule has 0 aliphatic heterocycles. The Hall–Kier alpha value is -0.0000000000000000486. The Balaban J connectivity index is 3.06. The van der Waals surface area contributed by atoms with Gasteiger partial charge in [-0.25, -0.2) is 8.60 Å². The maximum Gasteiger partial charge on any atom is 0.212 e. The Morgan fingerprint density at radius 2 is 0.867 bits per heavy atom. The van der Waals surface area contributed by atoms with Gasteiger partial charge in [-0.1, -0.05) is 142 Å². The summed E-state index contributed by atoms with van der Waals surface area (Å²) in [6.07, 6.45) is 27.6. The number of unbranched alkanes of at least 4 members (excludes halogenated alkanes) is 21. The number of hydrogen-bond donors (Lipinski definition) is 0. The quantitative estimate of drug-likeness (QED) is 0.103. The standard InChI is InChI=1S/C25H51FO3S/c1-2-3-4-5-6-7-8-9-10-11-12-13-14-15-16-17-18-19-20-21-22-23-24-25(26)29-30(27)28/h25H,2-24H2,1H3,(H,27,28)/p-1. The van der Waals surface area contributed by atoms with Gasteiger partial charge in [-0.2, -0.15) is 0 Å². The maximum atomic E-state index is 13.0. The molecule has 0 fully saturated rings. The fraction of sp³-hybridized carbons (Fsp3) is 1.00. The van der Waals surface area contributed by atoms with Crippen LogP contribution in [0.2, 0.25) is 0 Å². The summed E-state index contributed by atoms with van der Waals surface area (Å²) >= 11 is -2.74. The normalized spacial score (nSPS) is 13.6. The molecule has 182 valence electrons. The molecule has 0 heterocycles. The molecule has 0 radical (unpaired) electrons. The van der Waals surface area contributed by atoms with Gasteiger partial charge in [0.1, 0.15) is 0 Å². The van der Waals surface area contributed by atoms with E-state index in [0.29, 0.717) is 6.42 Å². The van der Waals surface area contributed by atoms with Crippen molar-refractivity contribution in [2.45, 2.75) is 161 Å². The monoisotopic (exact) mass is 449 g/mol. The third-order valence-electron chi connectivity index (χ3n) is 5.97. The van der Waals surface area contributed by atoms with Crippen LogP contribution in [0.15, 0.2) is 0 Å². The second-order valence-electron chi connectivity index (χ2n) is 8.92. The molecule has 2 atom stereocenters. The summed E-state index contributed by atoms with van der Waals surface area (Å²) in [6.45, 7) is 2.28. The molecule has 2 unspecified atom stereocenters. The first-order valence-corrected chi connectivity index (χ1v) is 14.1. The van der Waals surface area contributed by atoms with E-state index in [1.54, 1.807) is 0 Å². The highest BCUT2D eigenvalue weighted by Crippen LogP contribution is 2.16. The Kier molecular flexibility index (Phi) is 25.3. The van der Waals surface area contributed by atoms with Gasteiger partial charge in [-0.15, -0.1) is 0 Å². The second kappa shape index (κ2) is 25.3. The minimum atomic E-state index is -2.74. The van der Waals surface area contributed by atoms with Crippen LogP contribution in [0.3, 0.4) is 0 Å². The first kappa shape index (κ1) is 30.0. The third kappa shape index (κ3) is 26.0. The van der Waals surface area contributed by atoms with Crippen LogP contribution in [0.25, 0.3) is 0 Å². The fourth-order valence-corrected chi connectivity index (χ4v) is 4.31. The van der Waals surface area contributed by atoms with Gasteiger partial charge in [0.2, 0.25) is 6.36 Å². The van der Waals surface area contributed by atoms with E-state index < -0.39 is 17.7 Å². The zero-order valence-corrected chi connectivity index (χ0v) is 20.7. The van der Waals surface area contributed by atoms with Crippen molar-refractivity contribution >= 4 is 11.4 Å². The zero-order chi connectivity index (χ0) is 22.1. The molecule has 0 saturated carbocycles. The van der Waals surface area contributed by atoms with Crippen molar-refractivity contribution in [1.82, 2.24) is 0 Å². The first-order valence-electron chi connectivity index (χ1n) is 13.1. The SMILES string of the molecule is CCCCCCCCCCCCCCCCCCCCCCCCC(F)OS(=O)[O-]. The van der Waals surface area contributed by atoms with Gasteiger partial charge in [0.05, 0.1) is 11.4 Å². The predicted molar refractivity (Wildman–Crippen MR) is 127 cm³/mol. The summed E-state index contributed by atoms with van der Waals surface area (Å²) in [7, 11) is 0. The molecule has 0 aromatic carbocycles. The topological polar surface area (TPSA) is 49.4 Å². The van der Waals surface area contributed by atoms with E-state index in [2.05, 4.69) is 11.1 Å². The van der Waals surface area contributed by atoms with Gasteiger partial charge in [0.25, 0.3) is 0 Å². The van der Waals surface area contributed by atoms with E-state index in [1.807, 2.05) is 0 Å². The molecule has 0 aromatic rings. The average Bonchev–Trinajstić information content (AvgIpc) is 2.71. The van der Waals surface area contributed by atoms with Gasteiger partial charge in [-0.3, -0.25) is 4.18 Å². The lowest BCUT2D eigenvalue weighted by Gasteiger charge is -2.10. The molecule has 0 aromatic heterocycles. The van der Waals surface area contributed by atoms with Crippen molar-refractivity contribution in [3.8, 4) is 0 Å². The molecule has 0 spiro atoms. The van der Waals surface area contributed by atoms with Crippen molar-refractivity contribution < 1.29 is 17.3 Å². The number of alkyl halides is 1. The third-order valence-corrected chi connectivity index (χ3v) is 6.33. The minimum absolute atomic E-state index is 0.174. The summed E-state index contributed by atoms with van der Waals surface area (Å²) in [5, 5.41) is 0. The van der Waals surface area contributed by atoms with Crippen molar-refractivity contribution in [2.24, 2.45) is 0 Å². The number of hydrogen-bond acceptors (Lipinski definition) is 3. The molecule has 0 saturated heterocycles. The van der Waals surface area contributed by atoms with Crippen LogP contribution in [0.1, 0.15) is 155 Å².